The van der Waals surface area contributed by atoms with E-state index in [1.165, 1.54) is 17.7 Å². The Bertz CT molecular complexity index is 863. The highest BCUT2D eigenvalue weighted by atomic mass is 19.1. The van der Waals surface area contributed by atoms with Crippen LogP contribution in [0.1, 0.15) is 45.1 Å². The van der Waals surface area contributed by atoms with Gasteiger partial charge in [-0.3, -0.25) is 0 Å². The Morgan fingerprint density at radius 1 is 1.17 bits per heavy atom. The molecule has 0 atom stereocenters. The van der Waals surface area contributed by atoms with Crippen molar-refractivity contribution in [2.24, 2.45) is 5.34 Å². The molecule has 2 N–H and O–H groups in total. The fourth-order valence-corrected chi connectivity index (χ4v) is 3.04. The average molecular weight is 404 g/mol. The van der Waals surface area contributed by atoms with E-state index in [4.69, 9.17) is 9.94 Å². The van der Waals surface area contributed by atoms with Crippen LogP contribution in [0, 0.1) is 16.5 Å². The van der Waals surface area contributed by atoms with Crippen molar-refractivity contribution in [3.8, 4) is 16.9 Å². The first kappa shape index (κ1) is 22.5. The molecule has 0 amide bonds. The largest absolute Gasteiger partial charge is 0.396 e. The maximum atomic E-state index is 14.2. The van der Waals surface area contributed by atoms with E-state index in [-0.39, 0.29) is 17.9 Å². The van der Waals surface area contributed by atoms with Crippen LogP contribution < -0.4 is 10.2 Å². The lowest BCUT2D eigenvalue weighted by molar-refractivity contribution is 0.288. The highest BCUT2D eigenvalue weighted by molar-refractivity contribution is 5.78. The number of rotatable bonds is 8. The predicted octanol–water partition coefficient (Wildman–Crippen LogP) is 5.59. The van der Waals surface area contributed by atoms with Crippen LogP contribution >= 0.6 is 0 Å². The lowest BCUT2D eigenvalue weighted by Gasteiger charge is -2.24. The van der Waals surface area contributed by atoms with Gasteiger partial charge in [0.1, 0.15) is 11.6 Å². The first-order valence-electron chi connectivity index (χ1n) is 9.80. The van der Waals surface area contributed by atoms with Crippen LogP contribution in [0.4, 0.5) is 8.78 Å². The fourth-order valence-electron chi connectivity index (χ4n) is 3.04. The molecule has 2 aromatic rings. The van der Waals surface area contributed by atoms with Gasteiger partial charge in [0.2, 0.25) is 0 Å². The zero-order valence-corrected chi connectivity index (χ0v) is 16.7. The zero-order chi connectivity index (χ0) is 21.2. The minimum atomic E-state index is -0.672. The first-order chi connectivity index (χ1) is 14.1. The Hall–Kier alpha value is -2.80. The van der Waals surface area contributed by atoms with Gasteiger partial charge in [-0.1, -0.05) is 19.9 Å². The summed E-state index contributed by atoms with van der Waals surface area (Å²) in [4.78, 5) is 15.5. The lowest BCUT2D eigenvalue weighted by Crippen LogP contribution is -2.19. The molecule has 1 saturated carbocycles. The van der Waals surface area contributed by atoms with Gasteiger partial charge in [0.25, 0.3) is 0 Å². The molecule has 29 heavy (non-hydrogen) atoms. The average Bonchev–Trinajstić information content (AvgIpc) is 2.68. The second kappa shape index (κ2) is 11.3. The van der Waals surface area contributed by atoms with E-state index in [0.29, 0.717) is 24.1 Å². The number of benzene rings is 2. The molecule has 0 saturated heterocycles. The Morgan fingerprint density at radius 3 is 2.52 bits per heavy atom. The number of hydrogen-bond donors (Lipinski definition) is 2. The number of aliphatic hydroxyl groups is 1. The Balaban J connectivity index is 0.00000145. The summed E-state index contributed by atoms with van der Waals surface area (Å²) < 4.78 is 27.4. The van der Waals surface area contributed by atoms with Gasteiger partial charge in [0.05, 0.1) is 0 Å². The number of aliphatic hydroxyl groups excluding tert-OH is 1. The van der Waals surface area contributed by atoms with E-state index >= 15 is 0 Å². The van der Waals surface area contributed by atoms with Crippen molar-refractivity contribution in [3.63, 3.8) is 0 Å². The van der Waals surface area contributed by atoms with Gasteiger partial charge < -0.3 is 15.3 Å². The summed E-state index contributed by atoms with van der Waals surface area (Å²) in [7, 11) is 0. The smallest absolute Gasteiger partial charge is 0.170 e. The van der Waals surface area contributed by atoms with Crippen LogP contribution in [0.2, 0.25) is 0 Å². The normalized spacial score (nSPS) is 12.4. The molecule has 3 rings (SSSR count). The van der Waals surface area contributed by atoms with Crippen LogP contribution in [0.15, 0.2) is 47.3 Å². The van der Waals surface area contributed by atoms with Gasteiger partial charge >= 0.3 is 0 Å². The Labute approximate surface area is 169 Å². The van der Waals surface area contributed by atoms with Crippen LogP contribution in [-0.4, -0.2) is 18.3 Å². The van der Waals surface area contributed by atoms with Crippen molar-refractivity contribution in [1.82, 2.24) is 5.32 Å². The monoisotopic (exact) mass is 404 g/mol. The fraction of sp³-hybridized carbons (Fsp3) is 0.364. The summed E-state index contributed by atoms with van der Waals surface area (Å²) in [5.41, 5.74) is 3.33. The summed E-state index contributed by atoms with van der Waals surface area (Å²) in [6, 6.07) is 8.23. The van der Waals surface area contributed by atoms with Crippen LogP contribution in [-0.2, 0) is 0 Å². The lowest BCUT2D eigenvalue weighted by atomic mass is 9.87. The van der Waals surface area contributed by atoms with E-state index in [1.54, 1.807) is 18.2 Å². The number of hydrogen-bond acceptors (Lipinski definition) is 5. The standard InChI is InChI=1S/C20H20F2N2O3.C2H6/c21-15-6-7-16(18(22)12-15)14-5-8-19(27-24-26)17(11-14)20(13-3-1-4-13)23-9-2-10-25;1-2/h5-8,11-12,23,25H,1-4,9-10H2;1-2H3. The van der Waals surface area contributed by atoms with Crippen molar-refractivity contribution in [3.05, 3.63) is 64.1 Å². The minimum absolute atomic E-state index is 0.0513. The molecule has 0 unspecified atom stereocenters. The van der Waals surface area contributed by atoms with Gasteiger partial charge in [0, 0.05) is 36.0 Å². The number of halogens is 2. The van der Waals surface area contributed by atoms with E-state index < -0.39 is 11.6 Å². The zero-order valence-electron chi connectivity index (χ0n) is 16.7. The van der Waals surface area contributed by atoms with Crippen molar-refractivity contribution in [2.45, 2.75) is 39.5 Å². The molecule has 0 aliphatic heterocycles. The third-order valence-electron chi connectivity index (χ3n) is 4.57. The first-order valence-corrected chi connectivity index (χ1v) is 9.80. The molecule has 156 valence electrons. The summed E-state index contributed by atoms with van der Waals surface area (Å²) in [6.07, 6.45) is 3.44. The van der Waals surface area contributed by atoms with Crippen LogP contribution in [0.25, 0.3) is 16.8 Å². The maximum Gasteiger partial charge on any atom is 0.170 e. The molecule has 0 heterocycles. The van der Waals surface area contributed by atoms with Crippen molar-refractivity contribution in [2.75, 3.05) is 13.2 Å². The highest BCUT2D eigenvalue weighted by Crippen LogP contribution is 2.38. The van der Waals surface area contributed by atoms with Gasteiger partial charge in [-0.15, -0.1) is 4.91 Å². The van der Waals surface area contributed by atoms with Crippen molar-refractivity contribution >= 4 is 5.70 Å². The Kier molecular flexibility index (Phi) is 8.73. The van der Waals surface area contributed by atoms with Crippen LogP contribution in [0.5, 0.6) is 5.75 Å². The van der Waals surface area contributed by atoms with Gasteiger partial charge in [0.15, 0.2) is 11.1 Å². The quantitative estimate of drug-likeness (QED) is 0.342. The van der Waals surface area contributed by atoms with Gasteiger partial charge in [-0.25, -0.2) is 8.78 Å². The van der Waals surface area contributed by atoms with Gasteiger partial charge in [-0.05, 0) is 61.1 Å². The maximum absolute atomic E-state index is 14.2. The third-order valence-corrected chi connectivity index (χ3v) is 4.57. The number of nitrogens with one attached hydrogen (secondary N) is 1. The SMILES string of the molecule is CC.O=NOc1ccc(-c2ccc(F)cc2F)cc1C(NCCCO)=C1CCC1. The molecule has 1 aliphatic rings. The molecule has 7 heteroatoms. The topological polar surface area (TPSA) is 70.9 Å². The third kappa shape index (κ3) is 5.60. The molecular weight excluding hydrogens is 378 g/mol. The minimum Gasteiger partial charge on any atom is -0.396 e. The van der Waals surface area contributed by atoms with E-state index in [1.807, 2.05) is 13.8 Å². The predicted molar refractivity (Wildman–Crippen MR) is 110 cm³/mol. The Morgan fingerprint density at radius 2 is 1.93 bits per heavy atom. The molecule has 0 spiro atoms. The molecule has 2 aromatic carbocycles. The second-order valence-corrected chi connectivity index (χ2v) is 6.34. The molecule has 5 nitrogen and oxygen atoms in total. The van der Waals surface area contributed by atoms with E-state index in [9.17, 15) is 13.7 Å². The summed E-state index contributed by atoms with van der Waals surface area (Å²) in [6.45, 7) is 4.59. The van der Waals surface area contributed by atoms with E-state index in [2.05, 4.69) is 10.7 Å². The number of allylic oxidation sites excluding steroid dienone is 1. The van der Waals surface area contributed by atoms with Gasteiger partial charge in [-0.2, -0.15) is 0 Å². The second-order valence-electron chi connectivity index (χ2n) is 6.34. The molecule has 1 aliphatic carbocycles. The van der Waals surface area contributed by atoms with Crippen molar-refractivity contribution in [1.29, 1.82) is 0 Å². The molecule has 1 fully saturated rings. The van der Waals surface area contributed by atoms with Crippen molar-refractivity contribution < 1.29 is 18.7 Å². The highest BCUT2D eigenvalue weighted by Gasteiger charge is 2.20. The van der Waals surface area contributed by atoms with E-state index in [0.717, 1.165) is 31.0 Å². The number of nitrogens with zero attached hydrogens (tertiary/aromatic N) is 1. The molecular formula is C22H26F2N2O3. The summed E-state index contributed by atoms with van der Waals surface area (Å²) in [5.74, 6) is -1.07. The summed E-state index contributed by atoms with van der Waals surface area (Å²) in [5, 5.41) is 14.8. The molecule has 0 aromatic heterocycles. The summed E-state index contributed by atoms with van der Waals surface area (Å²) >= 11 is 0. The van der Waals surface area contributed by atoms with Crippen LogP contribution in [0.3, 0.4) is 0 Å². The molecule has 0 bridgehead atoms. The molecule has 0 radical (unpaired) electrons.